The molecule has 1 aliphatic heterocycles. The summed E-state index contributed by atoms with van der Waals surface area (Å²) in [6, 6.07) is 7.44. The maximum Gasteiger partial charge on any atom is 0.235 e. The van der Waals surface area contributed by atoms with Gasteiger partial charge in [-0.1, -0.05) is 26.0 Å². The van der Waals surface area contributed by atoms with Crippen LogP contribution in [0.2, 0.25) is 0 Å². The molecule has 0 aromatic heterocycles. The molecule has 1 heterocycles. The van der Waals surface area contributed by atoms with E-state index in [-0.39, 0.29) is 5.41 Å². The molecule has 2 rings (SSSR count). The Morgan fingerprint density at radius 2 is 1.83 bits per heavy atom. The number of rotatable bonds is 3. The highest BCUT2D eigenvalue weighted by Crippen LogP contribution is 2.63. The van der Waals surface area contributed by atoms with E-state index in [0.717, 1.165) is 12.0 Å². The first kappa shape index (κ1) is 13.8. The van der Waals surface area contributed by atoms with Crippen LogP contribution in [0.25, 0.3) is 0 Å². The molecule has 0 bridgehead atoms. The number of nitrogens with two attached hydrogens (primary N) is 1. The second kappa shape index (κ2) is 5.14. The number of benzene rings is 1. The Bertz CT molecular complexity index is 399. The third-order valence-electron chi connectivity index (χ3n) is 3.45. The van der Waals surface area contributed by atoms with Gasteiger partial charge in [-0.15, -0.1) is 0 Å². The Morgan fingerprint density at radius 3 is 2.33 bits per heavy atom. The molecule has 1 radical (unpaired) electrons. The van der Waals surface area contributed by atoms with Gasteiger partial charge >= 0.3 is 0 Å². The van der Waals surface area contributed by atoms with Gasteiger partial charge in [-0.25, -0.2) is 0 Å². The molecule has 3 N–H and O–H groups in total. The molecule has 1 fully saturated rings. The van der Waals surface area contributed by atoms with E-state index in [9.17, 15) is 4.89 Å². The molecular formula is C13H21NO3P. The monoisotopic (exact) mass is 270 g/mol. The zero-order valence-electron chi connectivity index (χ0n) is 10.9. The Labute approximate surface area is 109 Å². The van der Waals surface area contributed by atoms with Crippen LogP contribution in [0.5, 0.6) is 0 Å². The summed E-state index contributed by atoms with van der Waals surface area (Å²) in [4.78, 5) is 10.4. The highest BCUT2D eigenvalue weighted by Gasteiger charge is 2.39. The first-order valence-electron chi connectivity index (χ1n) is 6.19. The molecule has 18 heavy (non-hydrogen) atoms. The van der Waals surface area contributed by atoms with Crippen molar-refractivity contribution in [2.45, 2.75) is 26.4 Å². The molecule has 0 spiro atoms. The SMILES string of the molecule is CCC1(C)CO[P](O)(Cc2ccc(N)cc2)OC1. The number of anilines is 1. The van der Waals surface area contributed by atoms with E-state index in [0.29, 0.717) is 25.1 Å². The van der Waals surface area contributed by atoms with Gasteiger partial charge in [0.1, 0.15) is 0 Å². The Kier molecular flexibility index (Phi) is 3.93. The lowest BCUT2D eigenvalue weighted by molar-refractivity contribution is 0.0116. The van der Waals surface area contributed by atoms with Gasteiger partial charge in [-0.2, -0.15) is 0 Å². The minimum absolute atomic E-state index is 0.0212. The Morgan fingerprint density at radius 1 is 1.28 bits per heavy atom. The Hall–Kier alpha value is -0.670. The summed E-state index contributed by atoms with van der Waals surface area (Å²) in [5, 5.41) is 0. The molecule has 1 aromatic rings. The summed E-state index contributed by atoms with van der Waals surface area (Å²) in [6.45, 7) is 5.33. The molecule has 101 valence electrons. The largest absolute Gasteiger partial charge is 0.399 e. The molecule has 0 atom stereocenters. The van der Waals surface area contributed by atoms with E-state index in [1.54, 1.807) is 0 Å². The minimum Gasteiger partial charge on any atom is -0.399 e. The van der Waals surface area contributed by atoms with E-state index in [2.05, 4.69) is 13.8 Å². The first-order valence-corrected chi connectivity index (χ1v) is 7.95. The predicted octanol–water partition coefficient (Wildman–Crippen LogP) is 2.99. The van der Waals surface area contributed by atoms with Gasteiger partial charge in [0, 0.05) is 11.1 Å². The fourth-order valence-electron chi connectivity index (χ4n) is 1.74. The highest BCUT2D eigenvalue weighted by atomic mass is 31.2. The van der Waals surface area contributed by atoms with Gasteiger partial charge in [0.15, 0.2) is 0 Å². The summed E-state index contributed by atoms with van der Waals surface area (Å²) >= 11 is 0. The zero-order chi connectivity index (χ0) is 13.2. The van der Waals surface area contributed by atoms with Crippen LogP contribution in [-0.2, 0) is 15.2 Å². The van der Waals surface area contributed by atoms with Crippen LogP contribution >= 0.6 is 7.94 Å². The van der Waals surface area contributed by atoms with Crippen molar-refractivity contribution in [1.29, 1.82) is 0 Å². The van der Waals surface area contributed by atoms with Crippen LogP contribution in [0.4, 0.5) is 5.69 Å². The van der Waals surface area contributed by atoms with E-state index in [1.165, 1.54) is 0 Å². The van der Waals surface area contributed by atoms with Crippen molar-refractivity contribution in [3.63, 3.8) is 0 Å². The molecule has 1 aromatic carbocycles. The molecule has 0 saturated carbocycles. The highest BCUT2D eigenvalue weighted by molar-refractivity contribution is 7.59. The number of hydrogen-bond donors (Lipinski definition) is 2. The standard InChI is InChI=1S/C13H21NO3P/c1-3-13(2)9-16-18(15,17-10-13)8-11-4-6-12(14)7-5-11/h4-7,15H,3,8-10,14H2,1-2H3. The second-order valence-electron chi connectivity index (χ2n) is 5.25. The smallest absolute Gasteiger partial charge is 0.235 e. The molecular weight excluding hydrogens is 249 g/mol. The van der Waals surface area contributed by atoms with Gasteiger partial charge in [-0.3, -0.25) is 0 Å². The molecule has 1 saturated heterocycles. The minimum atomic E-state index is -2.73. The van der Waals surface area contributed by atoms with Gasteiger partial charge in [0.25, 0.3) is 0 Å². The van der Waals surface area contributed by atoms with E-state index >= 15 is 0 Å². The summed E-state index contributed by atoms with van der Waals surface area (Å²) in [5.41, 5.74) is 7.35. The lowest BCUT2D eigenvalue weighted by Gasteiger charge is -2.41. The van der Waals surface area contributed by atoms with E-state index < -0.39 is 7.94 Å². The Balaban J connectivity index is 1.99. The van der Waals surface area contributed by atoms with Crippen LogP contribution in [0.3, 0.4) is 0 Å². The predicted molar refractivity (Wildman–Crippen MR) is 74.0 cm³/mol. The lowest BCUT2D eigenvalue weighted by Crippen LogP contribution is -2.33. The zero-order valence-corrected chi connectivity index (χ0v) is 11.8. The average Bonchev–Trinajstić information content (AvgIpc) is 2.37. The summed E-state index contributed by atoms with van der Waals surface area (Å²) in [6.07, 6.45) is 1.40. The number of nitrogen functional groups attached to an aromatic ring is 1. The van der Waals surface area contributed by atoms with Crippen molar-refractivity contribution in [2.75, 3.05) is 18.9 Å². The van der Waals surface area contributed by atoms with Crippen LogP contribution in [-0.4, -0.2) is 18.1 Å². The van der Waals surface area contributed by atoms with Crippen LogP contribution in [0.1, 0.15) is 25.8 Å². The summed E-state index contributed by atoms with van der Waals surface area (Å²) < 4.78 is 11.2. The third-order valence-corrected chi connectivity index (χ3v) is 5.28. The van der Waals surface area contributed by atoms with Crippen LogP contribution in [0.15, 0.2) is 24.3 Å². The summed E-state index contributed by atoms with van der Waals surface area (Å²) in [7, 11) is -2.73. The van der Waals surface area contributed by atoms with Gasteiger partial charge in [0.05, 0.1) is 19.4 Å². The first-order chi connectivity index (χ1) is 8.45. The van der Waals surface area contributed by atoms with Crippen molar-refractivity contribution in [3.8, 4) is 0 Å². The van der Waals surface area contributed by atoms with Crippen LogP contribution < -0.4 is 5.73 Å². The molecule has 0 unspecified atom stereocenters. The van der Waals surface area contributed by atoms with E-state index in [4.69, 9.17) is 14.8 Å². The average molecular weight is 270 g/mol. The van der Waals surface area contributed by atoms with Gasteiger partial charge in [-0.05, 0) is 24.1 Å². The third kappa shape index (κ3) is 3.21. The lowest BCUT2D eigenvalue weighted by atomic mass is 9.90. The molecule has 5 heteroatoms. The van der Waals surface area contributed by atoms with Gasteiger partial charge in [0.2, 0.25) is 7.94 Å². The van der Waals surface area contributed by atoms with E-state index in [1.807, 2.05) is 24.3 Å². The molecule has 0 aliphatic carbocycles. The van der Waals surface area contributed by atoms with Crippen molar-refractivity contribution in [3.05, 3.63) is 29.8 Å². The topological polar surface area (TPSA) is 64.7 Å². The van der Waals surface area contributed by atoms with Crippen molar-refractivity contribution in [2.24, 2.45) is 5.41 Å². The van der Waals surface area contributed by atoms with Crippen molar-refractivity contribution < 1.29 is 13.9 Å². The molecule has 0 amide bonds. The number of hydrogen-bond acceptors (Lipinski definition) is 4. The fraction of sp³-hybridized carbons (Fsp3) is 0.538. The molecule has 4 nitrogen and oxygen atoms in total. The maximum absolute atomic E-state index is 10.4. The maximum atomic E-state index is 10.4. The van der Waals surface area contributed by atoms with Crippen molar-refractivity contribution in [1.82, 2.24) is 0 Å². The summed E-state index contributed by atoms with van der Waals surface area (Å²) in [5.74, 6) is 0. The quantitative estimate of drug-likeness (QED) is 0.654. The van der Waals surface area contributed by atoms with Gasteiger partial charge < -0.3 is 19.7 Å². The second-order valence-corrected chi connectivity index (χ2v) is 7.36. The normalized spacial score (nSPS) is 32.4. The fourth-order valence-corrected chi connectivity index (χ4v) is 3.70. The molecule has 1 aliphatic rings. The van der Waals surface area contributed by atoms with Crippen molar-refractivity contribution >= 4 is 13.6 Å². The van der Waals surface area contributed by atoms with Crippen LogP contribution in [0, 0.1) is 5.41 Å².